The van der Waals surface area contributed by atoms with Gasteiger partial charge in [0, 0.05) is 54.0 Å². The van der Waals surface area contributed by atoms with Gasteiger partial charge >= 0.3 is 0 Å². The molecule has 0 atom stereocenters. The zero-order valence-corrected chi connectivity index (χ0v) is 19.3. The molecule has 0 amide bonds. The molecule has 2 aromatic heterocycles. The van der Waals surface area contributed by atoms with Crippen LogP contribution >= 0.6 is 11.3 Å². The predicted octanol–water partition coefficient (Wildman–Crippen LogP) is 5.13. The minimum Gasteiger partial charge on any atom is -0.401 e. The average Bonchev–Trinajstić information content (AvgIpc) is 3.43. The van der Waals surface area contributed by atoms with Crippen LogP contribution < -0.4 is 5.73 Å². The maximum Gasteiger partial charge on any atom is 0.188 e. The number of hydrogen-bond acceptors (Lipinski definition) is 6. The Morgan fingerprint density at radius 1 is 1.31 bits per heavy atom. The van der Waals surface area contributed by atoms with E-state index >= 15 is 0 Å². The molecule has 0 saturated heterocycles. The summed E-state index contributed by atoms with van der Waals surface area (Å²) < 4.78 is 1.85. The van der Waals surface area contributed by atoms with Crippen molar-refractivity contribution in [3.05, 3.63) is 64.4 Å². The van der Waals surface area contributed by atoms with Gasteiger partial charge in [-0.2, -0.15) is 16.4 Å². The summed E-state index contributed by atoms with van der Waals surface area (Å²) in [5.74, 6) is 0.0964. The highest BCUT2D eigenvalue weighted by molar-refractivity contribution is 7.08. The fourth-order valence-electron chi connectivity index (χ4n) is 4.50. The van der Waals surface area contributed by atoms with Gasteiger partial charge in [0.15, 0.2) is 5.78 Å². The number of allylic oxidation sites excluding steroid dienone is 3. The monoisotopic (exact) mass is 447 g/mol. The normalized spacial score (nSPS) is 19.7. The quantitative estimate of drug-likeness (QED) is 0.378. The van der Waals surface area contributed by atoms with Crippen molar-refractivity contribution in [2.75, 3.05) is 7.05 Å². The van der Waals surface area contributed by atoms with Crippen molar-refractivity contribution in [3.8, 4) is 5.69 Å². The molecule has 0 radical (unpaired) electrons. The first-order valence-electron chi connectivity index (χ1n) is 11.1. The molecule has 1 aliphatic heterocycles. The lowest BCUT2D eigenvalue weighted by atomic mass is 9.84. The number of rotatable bonds is 6. The average molecular weight is 448 g/mol. The van der Waals surface area contributed by atoms with Gasteiger partial charge < -0.3 is 5.73 Å². The van der Waals surface area contributed by atoms with E-state index in [0.29, 0.717) is 17.7 Å². The Bertz CT molecular complexity index is 1110. The summed E-state index contributed by atoms with van der Waals surface area (Å²) in [7, 11) is 1.74. The number of aliphatic imine (C=N–C) groups is 2. The lowest BCUT2D eigenvalue weighted by molar-refractivity contribution is -0.110. The van der Waals surface area contributed by atoms with E-state index in [1.807, 2.05) is 40.1 Å². The van der Waals surface area contributed by atoms with Crippen LogP contribution in [0.5, 0.6) is 0 Å². The van der Waals surface area contributed by atoms with E-state index in [0.717, 1.165) is 53.9 Å². The highest BCUT2D eigenvalue weighted by atomic mass is 32.1. The molecule has 6 nitrogen and oxygen atoms in total. The first kappa shape index (κ1) is 22.1. The molecule has 7 heteroatoms. The maximum absolute atomic E-state index is 12.7. The Morgan fingerprint density at radius 2 is 2.09 bits per heavy atom. The second-order valence-electron chi connectivity index (χ2n) is 8.23. The highest BCUT2D eigenvalue weighted by Crippen LogP contribution is 2.34. The number of thiophene rings is 1. The van der Waals surface area contributed by atoms with Crippen LogP contribution in [0.3, 0.4) is 0 Å². The fourth-order valence-corrected chi connectivity index (χ4v) is 5.12. The van der Waals surface area contributed by atoms with Crippen molar-refractivity contribution in [2.24, 2.45) is 21.6 Å². The molecule has 2 aliphatic rings. The van der Waals surface area contributed by atoms with E-state index in [1.165, 1.54) is 18.9 Å². The number of nitrogens with two attached hydrogens (primary N) is 1. The number of dihydropyridines is 1. The third kappa shape index (κ3) is 4.58. The summed E-state index contributed by atoms with van der Waals surface area (Å²) in [5, 5.41) is 8.60. The van der Waals surface area contributed by atoms with Crippen molar-refractivity contribution in [3.63, 3.8) is 0 Å². The van der Waals surface area contributed by atoms with Gasteiger partial charge in [0.25, 0.3) is 0 Å². The standard InChI is InChI=1S/C25H29N5OS/c1-3-23(31)24-21(26)12-22(29-25(24)17-8-6-4-5-7-9-17)20(14-27-2)18-13-28-30(15-18)19-10-11-32-16-19/h3,10-11,13-17H,1,4-9,12,26H2,2H3/b22-20-,27-14?. The molecule has 2 N–H and O–H groups in total. The molecule has 32 heavy (non-hydrogen) atoms. The summed E-state index contributed by atoms with van der Waals surface area (Å²) in [6.07, 6.45) is 14.2. The topological polar surface area (TPSA) is 85.6 Å². The first-order valence-corrected chi connectivity index (χ1v) is 12.0. The van der Waals surface area contributed by atoms with Gasteiger partial charge in [-0.1, -0.05) is 32.3 Å². The van der Waals surface area contributed by atoms with Crippen molar-refractivity contribution >= 4 is 34.6 Å². The van der Waals surface area contributed by atoms with Crippen molar-refractivity contribution in [1.29, 1.82) is 0 Å². The van der Waals surface area contributed by atoms with E-state index in [-0.39, 0.29) is 11.7 Å². The lowest BCUT2D eigenvalue weighted by Gasteiger charge is -2.25. The molecule has 0 bridgehead atoms. The number of aromatic nitrogens is 2. The Balaban J connectivity index is 1.81. The third-order valence-electron chi connectivity index (χ3n) is 6.10. The molecule has 4 rings (SSSR count). The summed E-state index contributed by atoms with van der Waals surface area (Å²) in [6, 6.07) is 2.03. The van der Waals surface area contributed by atoms with E-state index in [1.54, 1.807) is 18.4 Å². The van der Waals surface area contributed by atoms with Crippen LogP contribution in [0.4, 0.5) is 0 Å². The van der Waals surface area contributed by atoms with Crippen LogP contribution in [0, 0.1) is 5.92 Å². The summed E-state index contributed by atoms with van der Waals surface area (Å²) in [4.78, 5) is 22.1. The minimum atomic E-state index is -0.138. The Kier molecular flexibility index (Phi) is 6.95. The van der Waals surface area contributed by atoms with Crippen molar-refractivity contribution in [1.82, 2.24) is 9.78 Å². The van der Waals surface area contributed by atoms with Crippen molar-refractivity contribution < 1.29 is 4.79 Å². The third-order valence-corrected chi connectivity index (χ3v) is 6.77. The fraction of sp³-hybridized carbons (Fsp3) is 0.360. The molecular formula is C25H29N5OS. The van der Waals surface area contributed by atoms with Gasteiger partial charge in [0.05, 0.1) is 28.9 Å². The van der Waals surface area contributed by atoms with E-state index < -0.39 is 0 Å². The Labute approximate surface area is 193 Å². The molecule has 166 valence electrons. The number of carbonyl (C=O) groups is 1. The first-order chi connectivity index (χ1) is 15.6. The van der Waals surface area contributed by atoms with Crippen LogP contribution in [-0.4, -0.2) is 34.5 Å². The largest absolute Gasteiger partial charge is 0.401 e. The molecular weight excluding hydrogens is 418 g/mol. The highest BCUT2D eigenvalue weighted by Gasteiger charge is 2.30. The molecule has 2 aromatic rings. The van der Waals surface area contributed by atoms with Crippen LogP contribution in [0.15, 0.2) is 68.8 Å². The van der Waals surface area contributed by atoms with Crippen LogP contribution in [0.25, 0.3) is 11.3 Å². The molecule has 1 saturated carbocycles. The minimum absolute atomic E-state index is 0.138. The Morgan fingerprint density at radius 3 is 2.75 bits per heavy atom. The number of carbonyl (C=O) groups excluding carboxylic acids is 1. The summed E-state index contributed by atoms with van der Waals surface area (Å²) in [5.41, 5.74) is 12.1. The number of hydrogen-bond donors (Lipinski definition) is 1. The Hall–Kier alpha value is -3.06. The van der Waals surface area contributed by atoms with Crippen LogP contribution in [0.1, 0.15) is 50.5 Å². The van der Waals surface area contributed by atoms with Gasteiger partial charge in [0.1, 0.15) is 0 Å². The zero-order chi connectivity index (χ0) is 22.5. The second kappa shape index (κ2) is 10.0. The molecule has 1 fully saturated rings. The SMILES string of the molecule is C=CC(=O)C1=C(N)C/C(=C(\C=NC)c2cnn(-c3ccsc3)c2)N=C1C1CCCCCC1. The lowest BCUT2D eigenvalue weighted by Crippen LogP contribution is -2.28. The smallest absolute Gasteiger partial charge is 0.188 e. The van der Waals surface area contributed by atoms with Crippen molar-refractivity contribution in [2.45, 2.75) is 44.9 Å². The van der Waals surface area contributed by atoms with Gasteiger partial charge in [-0.05, 0) is 30.4 Å². The van der Waals surface area contributed by atoms with Gasteiger partial charge in [0.2, 0.25) is 0 Å². The molecule has 3 heterocycles. The zero-order valence-electron chi connectivity index (χ0n) is 18.5. The second-order valence-corrected chi connectivity index (χ2v) is 9.01. The molecule has 0 aromatic carbocycles. The van der Waals surface area contributed by atoms with E-state index in [9.17, 15) is 4.79 Å². The molecule has 0 unspecified atom stereocenters. The number of nitrogens with zero attached hydrogens (tertiary/aromatic N) is 4. The van der Waals surface area contributed by atoms with Crippen LogP contribution in [-0.2, 0) is 4.79 Å². The molecule has 0 spiro atoms. The summed E-state index contributed by atoms with van der Waals surface area (Å²) in [6.45, 7) is 3.69. The van der Waals surface area contributed by atoms with Crippen LogP contribution in [0.2, 0.25) is 0 Å². The maximum atomic E-state index is 12.7. The predicted molar refractivity (Wildman–Crippen MR) is 132 cm³/mol. The summed E-state index contributed by atoms with van der Waals surface area (Å²) >= 11 is 1.63. The van der Waals surface area contributed by atoms with Gasteiger partial charge in [-0.15, -0.1) is 0 Å². The number of ketones is 1. The van der Waals surface area contributed by atoms with Gasteiger partial charge in [-0.25, -0.2) is 4.68 Å². The molecule has 1 aliphatic carbocycles. The van der Waals surface area contributed by atoms with Gasteiger partial charge in [-0.3, -0.25) is 14.8 Å². The van der Waals surface area contributed by atoms with E-state index in [2.05, 4.69) is 16.7 Å². The van der Waals surface area contributed by atoms with E-state index in [4.69, 9.17) is 10.7 Å².